The summed E-state index contributed by atoms with van der Waals surface area (Å²) in [5.41, 5.74) is 5.03. The number of fused-ring (bicyclic) bond motifs is 3. The van der Waals surface area contributed by atoms with Gasteiger partial charge >= 0.3 is 0 Å². The van der Waals surface area contributed by atoms with Crippen molar-refractivity contribution >= 4 is 33.8 Å². The van der Waals surface area contributed by atoms with E-state index in [0.29, 0.717) is 0 Å². The van der Waals surface area contributed by atoms with Gasteiger partial charge in [0.15, 0.2) is 0 Å². The second-order valence-corrected chi connectivity index (χ2v) is 8.02. The Labute approximate surface area is 161 Å². The van der Waals surface area contributed by atoms with E-state index in [9.17, 15) is 0 Å². The van der Waals surface area contributed by atoms with E-state index in [1.54, 1.807) is 11.3 Å². The summed E-state index contributed by atoms with van der Waals surface area (Å²) in [6, 6.07) is 16.9. The number of halogens is 1. The molecule has 26 heavy (non-hydrogen) atoms. The van der Waals surface area contributed by atoms with Crippen molar-refractivity contribution in [3.63, 3.8) is 0 Å². The highest BCUT2D eigenvalue weighted by Crippen LogP contribution is 2.41. The molecular weight excluding hydrogens is 362 g/mol. The van der Waals surface area contributed by atoms with Gasteiger partial charge in [0, 0.05) is 39.7 Å². The molecule has 0 aliphatic carbocycles. The molecule has 0 radical (unpaired) electrons. The van der Waals surface area contributed by atoms with Crippen LogP contribution in [0.2, 0.25) is 5.02 Å². The van der Waals surface area contributed by atoms with Crippen LogP contribution in [-0.2, 0) is 13.0 Å². The number of para-hydroxylation sites is 1. The van der Waals surface area contributed by atoms with Gasteiger partial charge in [-0.3, -0.25) is 4.90 Å². The number of hydrogen-bond acceptors (Lipinski definition) is 3. The van der Waals surface area contributed by atoms with Gasteiger partial charge in [-0.2, -0.15) is 0 Å². The molecule has 0 spiro atoms. The highest BCUT2D eigenvalue weighted by atomic mass is 35.5. The van der Waals surface area contributed by atoms with Crippen LogP contribution in [0.4, 0.5) is 0 Å². The lowest BCUT2D eigenvalue weighted by atomic mass is 9.92. The van der Waals surface area contributed by atoms with Crippen LogP contribution in [-0.4, -0.2) is 21.4 Å². The third kappa shape index (κ3) is 2.65. The summed E-state index contributed by atoms with van der Waals surface area (Å²) in [5.74, 6) is 0. The minimum atomic E-state index is 0.115. The highest BCUT2D eigenvalue weighted by Gasteiger charge is 2.33. The molecule has 1 aliphatic heterocycles. The van der Waals surface area contributed by atoms with Crippen LogP contribution in [0.25, 0.3) is 10.9 Å². The fourth-order valence-electron chi connectivity index (χ4n) is 4.01. The molecule has 130 valence electrons. The molecule has 3 nitrogen and oxygen atoms in total. The number of rotatable bonds is 3. The maximum absolute atomic E-state index is 6.62. The molecule has 5 heteroatoms. The normalized spacial score (nSPS) is 17.5. The Morgan fingerprint density at radius 1 is 1.15 bits per heavy atom. The number of benzene rings is 2. The van der Waals surface area contributed by atoms with E-state index in [-0.39, 0.29) is 6.04 Å². The van der Waals surface area contributed by atoms with Crippen LogP contribution in [0.1, 0.15) is 27.9 Å². The minimum Gasteiger partial charge on any atom is -0.357 e. The molecule has 0 saturated heterocycles. The van der Waals surface area contributed by atoms with Crippen molar-refractivity contribution in [1.82, 2.24) is 14.9 Å². The van der Waals surface area contributed by atoms with Crippen LogP contribution >= 0.6 is 22.9 Å². The molecule has 3 heterocycles. The van der Waals surface area contributed by atoms with Crippen molar-refractivity contribution in [2.75, 3.05) is 6.54 Å². The maximum atomic E-state index is 6.62. The largest absolute Gasteiger partial charge is 0.357 e. The number of nitrogens with one attached hydrogen (secondary N) is 1. The van der Waals surface area contributed by atoms with Crippen LogP contribution in [0.5, 0.6) is 0 Å². The molecule has 0 amide bonds. The summed E-state index contributed by atoms with van der Waals surface area (Å²) >= 11 is 8.32. The minimum absolute atomic E-state index is 0.115. The van der Waals surface area contributed by atoms with Crippen LogP contribution in [0.15, 0.2) is 60.1 Å². The molecular formula is C21H18ClN3S. The molecule has 0 saturated carbocycles. The van der Waals surface area contributed by atoms with Crippen molar-refractivity contribution in [3.05, 3.63) is 87.0 Å². The van der Waals surface area contributed by atoms with E-state index in [1.165, 1.54) is 22.2 Å². The maximum Gasteiger partial charge on any atom is 0.107 e. The van der Waals surface area contributed by atoms with Crippen molar-refractivity contribution in [1.29, 1.82) is 0 Å². The SMILES string of the molecule is Clc1ccccc1C1c2[nH]c3ccccc3c2CCN1Cc1nccs1. The quantitative estimate of drug-likeness (QED) is 0.515. The molecule has 4 aromatic rings. The highest BCUT2D eigenvalue weighted by molar-refractivity contribution is 7.09. The monoisotopic (exact) mass is 379 g/mol. The molecule has 1 aliphatic rings. The number of thiazole rings is 1. The molecule has 5 rings (SSSR count). The lowest BCUT2D eigenvalue weighted by Gasteiger charge is -2.36. The first kappa shape index (κ1) is 16.1. The van der Waals surface area contributed by atoms with Crippen molar-refractivity contribution in [2.45, 2.75) is 19.0 Å². The van der Waals surface area contributed by atoms with Crippen molar-refractivity contribution in [2.24, 2.45) is 0 Å². The predicted molar refractivity (Wildman–Crippen MR) is 108 cm³/mol. The second kappa shape index (κ2) is 6.54. The Morgan fingerprint density at radius 3 is 2.85 bits per heavy atom. The molecule has 1 unspecified atom stereocenters. The summed E-state index contributed by atoms with van der Waals surface area (Å²) in [6.07, 6.45) is 2.91. The Hall–Kier alpha value is -2.14. The van der Waals surface area contributed by atoms with Gasteiger partial charge in [0.05, 0.1) is 12.6 Å². The van der Waals surface area contributed by atoms with Crippen molar-refractivity contribution < 1.29 is 0 Å². The number of nitrogens with zero attached hydrogens (tertiary/aromatic N) is 2. The van der Waals surface area contributed by atoms with Gasteiger partial charge in [0.25, 0.3) is 0 Å². The number of aromatic nitrogens is 2. The average molecular weight is 380 g/mol. The molecule has 2 aromatic carbocycles. The van der Waals surface area contributed by atoms with E-state index >= 15 is 0 Å². The van der Waals surface area contributed by atoms with Gasteiger partial charge in [0.2, 0.25) is 0 Å². The zero-order valence-corrected chi connectivity index (χ0v) is 15.7. The molecule has 1 atom stereocenters. The van der Waals surface area contributed by atoms with Gasteiger partial charge in [-0.25, -0.2) is 4.98 Å². The smallest absolute Gasteiger partial charge is 0.107 e. The second-order valence-electron chi connectivity index (χ2n) is 6.63. The fraction of sp³-hybridized carbons (Fsp3) is 0.190. The third-order valence-electron chi connectivity index (χ3n) is 5.16. The topological polar surface area (TPSA) is 31.9 Å². The Bertz CT molecular complexity index is 1050. The summed E-state index contributed by atoms with van der Waals surface area (Å²) in [4.78, 5) is 10.7. The first-order valence-corrected chi connectivity index (χ1v) is 10.0. The van der Waals surface area contributed by atoms with Gasteiger partial charge in [-0.15, -0.1) is 11.3 Å². The van der Waals surface area contributed by atoms with Gasteiger partial charge in [-0.1, -0.05) is 48.0 Å². The van der Waals surface area contributed by atoms with E-state index in [2.05, 4.69) is 51.3 Å². The third-order valence-corrected chi connectivity index (χ3v) is 6.26. The zero-order valence-electron chi connectivity index (χ0n) is 14.2. The Balaban J connectivity index is 1.67. The van der Waals surface area contributed by atoms with E-state index < -0.39 is 0 Å². The lowest BCUT2D eigenvalue weighted by Crippen LogP contribution is -2.35. The standard InChI is InChI=1S/C21H18ClN3S/c22-17-7-3-1-6-16(17)21-20-15(14-5-2-4-8-18(14)24-20)9-11-25(21)13-19-23-10-12-26-19/h1-8,10,12,21,24H,9,11,13H2. The van der Waals surface area contributed by atoms with Crippen LogP contribution in [0, 0.1) is 0 Å². The van der Waals surface area contributed by atoms with Gasteiger partial charge in [0.1, 0.15) is 5.01 Å². The first-order valence-electron chi connectivity index (χ1n) is 8.77. The molecule has 1 N–H and O–H groups in total. The average Bonchev–Trinajstić information content (AvgIpc) is 3.30. The van der Waals surface area contributed by atoms with Crippen molar-refractivity contribution in [3.8, 4) is 0 Å². The first-order chi connectivity index (χ1) is 12.8. The molecule has 0 bridgehead atoms. The predicted octanol–water partition coefficient (Wildman–Crippen LogP) is 5.43. The fourth-order valence-corrected chi connectivity index (χ4v) is 4.89. The molecule has 2 aromatic heterocycles. The van der Waals surface area contributed by atoms with E-state index in [1.807, 2.05) is 23.7 Å². The van der Waals surface area contributed by atoms with Crippen LogP contribution in [0.3, 0.4) is 0 Å². The summed E-state index contributed by atoms with van der Waals surface area (Å²) in [6.45, 7) is 1.83. The van der Waals surface area contributed by atoms with Gasteiger partial charge in [-0.05, 0) is 29.7 Å². The summed E-state index contributed by atoms with van der Waals surface area (Å²) in [7, 11) is 0. The van der Waals surface area contributed by atoms with E-state index in [4.69, 9.17) is 11.6 Å². The van der Waals surface area contributed by atoms with Crippen LogP contribution < -0.4 is 0 Å². The van der Waals surface area contributed by atoms with Gasteiger partial charge < -0.3 is 4.98 Å². The Morgan fingerprint density at radius 2 is 2.00 bits per heavy atom. The zero-order chi connectivity index (χ0) is 17.5. The number of H-pyrrole nitrogens is 1. The number of aromatic amines is 1. The number of hydrogen-bond donors (Lipinski definition) is 1. The Kier molecular flexibility index (Phi) is 4.04. The lowest BCUT2D eigenvalue weighted by molar-refractivity contribution is 0.202. The molecule has 0 fully saturated rings. The summed E-state index contributed by atoms with van der Waals surface area (Å²) < 4.78 is 0. The summed E-state index contributed by atoms with van der Waals surface area (Å²) in [5, 5.41) is 5.32. The van der Waals surface area contributed by atoms with E-state index in [0.717, 1.165) is 35.1 Å².